The van der Waals surface area contributed by atoms with Crippen LogP contribution in [0, 0.1) is 0 Å². The Morgan fingerprint density at radius 3 is 2.53 bits per heavy atom. The van der Waals surface area contributed by atoms with Gasteiger partial charge in [-0.05, 0) is 43.7 Å². The van der Waals surface area contributed by atoms with Crippen molar-refractivity contribution < 1.29 is 9.47 Å². The molecule has 0 aliphatic heterocycles. The van der Waals surface area contributed by atoms with Crippen LogP contribution in [0.5, 0.6) is 11.5 Å². The maximum atomic E-state index is 5.90. The summed E-state index contributed by atoms with van der Waals surface area (Å²) >= 11 is 0. The number of aryl methyl sites for hydroxylation is 1. The van der Waals surface area contributed by atoms with Gasteiger partial charge in [0.05, 0.1) is 13.2 Å². The lowest BCUT2D eigenvalue weighted by molar-refractivity contribution is 0.266. The third-order valence-electron chi connectivity index (χ3n) is 3.11. The summed E-state index contributed by atoms with van der Waals surface area (Å²) in [5.74, 6) is 1.94. The maximum Gasteiger partial charge on any atom is 0.164 e. The minimum atomic E-state index is 0.765. The number of fused-ring (bicyclic) bond motifs is 1. The Morgan fingerprint density at radius 1 is 1.00 bits per heavy atom. The first-order chi connectivity index (χ1) is 8.36. The largest absolute Gasteiger partial charge is 0.490 e. The van der Waals surface area contributed by atoms with Gasteiger partial charge in [-0.2, -0.15) is 0 Å². The van der Waals surface area contributed by atoms with E-state index in [0.717, 1.165) is 44.0 Å². The molecular formula is C15H22O2. The van der Waals surface area contributed by atoms with Gasteiger partial charge in [0.1, 0.15) is 0 Å². The third-order valence-corrected chi connectivity index (χ3v) is 3.11. The molecule has 0 aromatic heterocycles. The van der Waals surface area contributed by atoms with Crippen molar-refractivity contribution >= 4 is 0 Å². The molecule has 0 spiro atoms. The Hall–Kier alpha value is -1.18. The Bertz CT molecular complexity index is 371. The van der Waals surface area contributed by atoms with E-state index >= 15 is 0 Å². The number of rotatable bonds is 6. The lowest BCUT2D eigenvalue weighted by Crippen LogP contribution is -2.04. The number of hydrogen-bond acceptors (Lipinski definition) is 2. The zero-order valence-electron chi connectivity index (χ0n) is 10.9. The normalized spacial score (nSPS) is 13.5. The van der Waals surface area contributed by atoms with Crippen LogP contribution in [0.4, 0.5) is 0 Å². The first kappa shape index (κ1) is 12.3. The van der Waals surface area contributed by atoms with E-state index in [1.807, 2.05) is 0 Å². The highest BCUT2D eigenvalue weighted by molar-refractivity contribution is 5.52. The molecule has 0 saturated carbocycles. The van der Waals surface area contributed by atoms with Crippen molar-refractivity contribution in [1.82, 2.24) is 0 Å². The van der Waals surface area contributed by atoms with Crippen LogP contribution >= 0.6 is 0 Å². The molecule has 1 aliphatic carbocycles. The van der Waals surface area contributed by atoms with E-state index in [2.05, 4.69) is 26.0 Å². The fourth-order valence-corrected chi connectivity index (χ4v) is 2.30. The molecule has 17 heavy (non-hydrogen) atoms. The van der Waals surface area contributed by atoms with E-state index in [4.69, 9.17) is 9.47 Å². The molecule has 2 nitrogen and oxygen atoms in total. The Kier molecular flexibility index (Phi) is 4.29. The van der Waals surface area contributed by atoms with Crippen LogP contribution < -0.4 is 9.47 Å². The summed E-state index contributed by atoms with van der Waals surface area (Å²) in [6, 6.07) is 4.27. The topological polar surface area (TPSA) is 18.5 Å². The highest BCUT2D eigenvalue weighted by Crippen LogP contribution is 2.38. The van der Waals surface area contributed by atoms with Crippen LogP contribution in [-0.2, 0) is 12.8 Å². The maximum absolute atomic E-state index is 5.90. The predicted octanol–water partition coefficient (Wildman–Crippen LogP) is 3.75. The van der Waals surface area contributed by atoms with Gasteiger partial charge in [0.15, 0.2) is 11.5 Å². The van der Waals surface area contributed by atoms with Gasteiger partial charge < -0.3 is 9.47 Å². The summed E-state index contributed by atoms with van der Waals surface area (Å²) in [6.07, 6.45) is 5.64. The van der Waals surface area contributed by atoms with Crippen molar-refractivity contribution in [1.29, 1.82) is 0 Å². The van der Waals surface area contributed by atoms with E-state index in [-0.39, 0.29) is 0 Å². The van der Waals surface area contributed by atoms with Gasteiger partial charge in [0.25, 0.3) is 0 Å². The van der Waals surface area contributed by atoms with Crippen molar-refractivity contribution in [3.63, 3.8) is 0 Å². The molecular weight excluding hydrogens is 212 g/mol. The average Bonchev–Trinajstić information content (AvgIpc) is 2.82. The smallest absolute Gasteiger partial charge is 0.164 e. The van der Waals surface area contributed by atoms with Gasteiger partial charge in [-0.15, -0.1) is 0 Å². The highest BCUT2D eigenvalue weighted by Gasteiger charge is 2.19. The molecule has 2 heteroatoms. The molecule has 0 radical (unpaired) electrons. The van der Waals surface area contributed by atoms with E-state index in [1.54, 1.807) is 0 Å². The van der Waals surface area contributed by atoms with Crippen molar-refractivity contribution in [2.45, 2.75) is 46.0 Å². The molecule has 0 fully saturated rings. The summed E-state index contributed by atoms with van der Waals surface area (Å²) in [7, 11) is 0. The van der Waals surface area contributed by atoms with Crippen LogP contribution in [0.3, 0.4) is 0 Å². The molecule has 1 aromatic carbocycles. The lowest BCUT2D eigenvalue weighted by Gasteiger charge is -2.15. The average molecular weight is 234 g/mol. The fourth-order valence-electron chi connectivity index (χ4n) is 2.30. The molecule has 0 saturated heterocycles. The number of benzene rings is 1. The van der Waals surface area contributed by atoms with Gasteiger partial charge in [-0.1, -0.05) is 19.9 Å². The second-order valence-corrected chi connectivity index (χ2v) is 4.58. The summed E-state index contributed by atoms with van der Waals surface area (Å²) < 4.78 is 11.7. The van der Waals surface area contributed by atoms with Gasteiger partial charge in [0.2, 0.25) is 0 Å². The Balaban J connectivity index is 2.24. The molecule has 0 amide bonds. The van der Waals surface area contributed by atoms with Gasteiger partial charge >= 0.3 is 0 Å². The zero-order valence-corrected chi connectivity index (χ0v) is 10.9. The standard InChI is InChI=1S/C15H22O2/c1-3-10-16-14-9-8-12-6-5-7-13(12)15(14)17-11-4-2/h8-9H,3-7,10-11H2,1-2H3. The summed E-state index contributed by atoms with van der Waals surface area (Å²) in [4.78, 5) is 0. The Labute approximate surface area is 104 Å². The quantitative estimate of drug-likeness (QED) is 0.746. The van der Waals surface area contributed by atoms with E-state index in [9.17, 15) is 0 Å². The van der Waals surface area contributed by atoms with Crippen LogP contribution in [0.25, 0.3) is 0 Å². The van der Waals surface area contributed by atoms with Gasteiger partial charge in [-0.3, -0.25) is 0 Å². The van der Waals surface area contributed by atoms with Crippen molar-refractivity contribution in [2.75, 3.05) is 13.2 Å². The van der Waals surface area contributed by atoms with E-state index in [1.165, 1.54) is 24.0 Å². The Morgan fingerprint density at radius 2 is 1.76 bits per heavy atom. The minimum absolute atomic E-state index is 0.765. The van der Waals surface area contributed by atoms with Crippen LogP contribution in [-0.4, -0.2) is 13.2 Å². The third kappa shape index (κ3) is 2.74. The molecule has 1 aliphatic rings. The highest BCUT2D eigenvalue weighted by atomic mass is 16.5. The lowest BCUT2D eigenvalue weighted by atomic mass is 10.1. The van der Waals surface area contributed by atoms with Crippen molar-refractivity contribution in [2.24, 2.45) is 0 Å². The SMILES string of the molecule is CCCOc1ccc2c(c1OCCC)CCC2. The summed E-state index contributed by atoms with van der Waals surface area (Å²) in [6.45, 7) is 5.80. The summed E-state index contributed by atoms with van der Waals surface area (Å²) in [5, 5.41) is 0. The monoisotopic (exact) mass is 234 g/mol. The molecule has 0 atom stereocenters. The fraction of sp³-hybridized carbons (Fsp3) is 0.600. The second-order valence-electron chi connectivity index (χ2n) is 4.58. The molecule has 94 valence electrons. The summed E-state index contributed by atoms with van der Waals surface area (Å²) in [5.41, 5.74) is 2.83. The van der Waals surface area contributed by atoms with Gasteiger partial charge in [0, 0.05) is 5.56 Å². The molecule has 0 heterocycles. The second kappa shape index (κ2) is 5.95. The zero-order chi connectivity index (χ0) is 12.1. The molecule has 0 unspecified atom stereocenters. The van der Waals surface area contributed by atoms with Crippen LogP contribution in [0.1, 0.15) is 44.2 Å². The van der Waals surface area contributed by atoms with Crippen molar-refractivity contribution in [3.05, 3.63) is 23.3 Å². The van der Waals surface area contributed by atoms with Gasteiger partial charge in [-0.25, -0.2) is 0 Å². The first-order valence-electron chi connectivity index (χ1n) is 6.77. The van der Waals surface area contributed by atoms with E-state index in [0.29, 0.717) is 0 Å². The molecule has 2 rings (SSSR count). The van der Waals surface area contributed by atoms with Crippen LogP contribution in [0.2, 0.25) is 0 Å². The number of hydrogen-bond donors (Lipinski definition) is 0. The molecule has 0 bridgehead atoms. The molecule has 1 aromatic rings. The van der Waals surface area contributed by atoms with E-state index < -0.39 is 0 Å². The minimum Gasteiger partial charge on any atom is -0.490 e. The predicted molar refractivity (Wildman–Crippen MR) is 70.0 cm³/mol. The first-order valence-corrected chi connectivity index (χ1v) is 6.77. The van der Waals surface area contributed by atoms with Crippen LogP contribution in [0.15, 0.2) is 12.1 Å². The van der Waals surface area contributed by atoms with Crippen molar-refractivity contribution in [3.8, 4) is 11.5 Å². The molecule has 0 N–H and O–H groups in total. The number of ether oxygens (including phenoxy) is 2.